The monoisotopic (exact) mass is 704 g/mol. The van der Waals surface area contributed by atoms with Crippen LogP contribution in [0.5, 0.6) is 5.75 Å². The Balaban J connectivity index is 1.69. The second kappa shape index (κ2) is 11.1. The van der Waals surface area contributed by atoms with Crippen LogP contribution in [0.4, 0.5) is 15.8 Å². The van der Waals surface area contributed by atoms with Crippen molar-refractivity contribution >= 4 is 63.3 Å². The first-order valence-electron chi connectivity index (χ1n) is 13.4. The van der Waals surface area contributed by atoms with Crippen molar-refractivity contribution in [1.29, 1.82) is 0 Å². The molecule has 3 aromatic carbocycles. The van der Waals surface area contributed by atoms with Crippen molar-refractivity contribution in [3.8, 4) is 5.75 Å². The summed E-state index contributed by atoms with van der Waals surface area (Å²) in [5.74, 6) is -2.40. The Labute approximate surface area is 262 Å². The zero-order chi connectivity index (χ0) is 30.6. The number of nitrogens with one attached hydrogen (secondary N) is 3. The minimum absolute atomic E-state index is 0.221. The molecular formula is C31H31ClFIN4O4. The van der Waals surface area contributed by atoms with Crippen molar-refractivity contribution in [3.05, 3.63) is 85.7 Å². The number of methoxy groups -OCH3 is 1. The van der Waals surface area contributed by atoms with Gasteiger partial charge in [0, 0.05) is 31.8 Å². The molecule has 0 radical (unpaired) electrons. The number of ether oxygens (including phenoxy) is 1. The van der Waals surface area contributed by atoms with E-state index in [1.165, 1.54) is 37.4 Å². The third kappa shape index (κ3) is 5.35. The van der Waals surface area contributed by atoms with Gasteiger partial charge in [0.05, 0.1) is 18.8 Å². The number of nitrogens with two attached hydrogens (primary N) is 1. The van der Waals surface area contributed by atoms with Crippen molar-refractivity contribution < 1.29 is 23.5 Å². The summed E-state index contributed by atoms with van der Waals surface area (Å²) in [4.78, 5) is 40.2. The number of carbonyl (C=O) groups is 3. The lowest BCUT2D eigenvalue weighted by molar-refractivity contribution is -0.122. The molecule has 8 nitrogen and oxygen atoms in total. The summed E-state index contributed by atoms with van der Waals surface area (Å²) >= 11 is 8.34. The number of fused-ring (bicyclic) bond motifs is 2. The average Bonchev–Trinajstić information content (AvgIpc) is 3.37. The number of carbonyl (C=O) groups excluding carboxylic acids is 3. The Kier molecular flexibility index (Phi) is 8.01. The van der Waals surface area contributed by atoms with Crippen LogP contribution in [0, 0.1) is 14.8 Å². The van der Waals surface area contributed by atoms with Crippen LogP contribution in [0.25, 0.3) is 0 Å². The van der Waals surface area contributed by atoms with Gasteiger partial charge in [-0.15, -0.1) is 0 Å². The highest BCUT2D eigenvalue weighted by Gasteiger charge is 2.65. The van der Waals surface area contributed by atoms with E-state index < -0.39 is 41.0 Å². The van der Waals surface area contributed by atoms with Crippen LogP contribution < -0.4 is 26.4 Å². The molecule has 3 amide bonds. The molecule has 5 rings (SSSR count). The van der Waals surface area contributed by atoms with Crippen LogP contribution >= 0.6 is 34.2 Å². The van der Waals surface area contributed by atoms with Crippen LogP contribution in [0.1, 0.15) is 54.6 Å². The van der Waals surface area contributed by atoms with Crippen molar-refractivity contribution in [2.24, 2.45) is 11.1 Å². The van der Waals surface area contributed by atoms with Crippen LogP contribution in [0.2, 0.25) is 5.02 Å². The Hall–Kier alpha value is -3.22. The third-order valence-corrected chi connectivity index (χ3v) is 8.75. The van der Waals surface area contributed by atoms with Crippen LogP contribution in [0.15, 0.2) is 54.6 Å². The number of amides is 3. The lowest BCUT2D eigenvalue weighted by atomic mass is 9.62. The van der Waals surface area contributed by atoms with Crippen molar-refractivity contribution in [2.75, 3.05) is 17.7 Å². The van der Waals surface area contributed by atoms with Gasteiger partial charge < -0.3 is 26.4 Å². The first-order valence-corrected chi connectivity index (χ1v) is 14.8. The summed E-state index contributed by atoms with van der Waals surface area (Å²) in [6, 6.07) is 12.8. The van der Waals surface area contributed by atoms with Crippen molar-refractivity contribution in [1.82, 2.24) is 5.32 Å². The number of rotatable bonds is 6. The van der Waals surface area contributed by atoms with Gasteiger partial charge in [-0.05, 0) is 94.1 Å². The first kappa shape index (κ1) is 30.2. The maximum Gasteiger partial charge on any atom is 0.248 e. The van der Waals surface area contributed by atoms with Gasteiger partial charge in [-0.3, -0.25) is 14.4 Å². The van der Waals surface area contributed by atoms with Gasteiger partial charge in [0.15, 0.2) is 0 Å². The molecule has 0 unspecified atom stereocenters. The molecule has 2 aliphatic rings. The second-order valence-corrected chi connectivity index (χ2v) is 13.6. The van der Waals surface area contributed by atoms with E-state index in [-0.39, 0.29) is 22.6 Å². The lowest BCUT2D eigenvalue weighted by Gasteiger charge is -2.37. The maximum absolute atomic E-state index is 14.9. The number of benzene rings is 3. The zero-order valence-electron chi connectivity index (χ0n) is 23.5. The van der Waals surface area contributed by atoms with Gasteiger partial charge in [-0.2, -0.15) is 0 Å². The molecule has 2 heterocycles. The number of halogens is 3. The van der Waals surface area contributed by atoms with E-state index in [0.29, 0.717) is 37.5 Å². The molecule has 5 N–H and O–H groups in total. The normalized spacial score (nSPS) is 23.0. The van der Waals surface area contributed by atoms with E-state index in [9.17, 15) is 18.8 Å². The van der Waals surface area contributed by atoms with Gasteiger partial charge >= 0.3 is 0 Å². The lowest BCUT2D eigenvalue weighted by Crippen LogP contribution is -2.49. The Morgan fingerprint density at radius 2 is 1.88 bits per heavy atom. The predicted molar refractivity (Wildman–Crippen MR) is 169 cm³/mol. The van der Waals surface area contributed by atoms with E-state index >= 15 is 0 Å². The quantitative estimate of drug-likeness (QED) is 0.250. The number of hydrogen-bond donors (Lipinski definition) is 4. The summed E-state index contributed by atoms with van der Waals surface area (Å²) in [6.07, 6.45) is 0.534. The third-order valence-electron chi connectivity index (χ3n) is 7.89. The highest BCUT2D eigenvalue weighted by atomic mass is 127. The van der Waals surface area contributed by atoms with E-state index in [2.05, 4.69) is 36.7 Å². The molecule has 11 heteroatoms. The first-order chi connectivity index (χ1) is 19.7. The Morgan fingerprint density at radius 3 is 2.52 bits per heavy atom. The molecule has 0 saturated carbocycles. The van der Waals surface area contributed by atoms with E-state index in [4.69, 9.17) is 22.1 Å². The highest BCUT2D eigenvalue weighted by Crippen LogP contribution is 2.57. The molecule has 42 heavy (non-hydrogen) atoms. The van der Waals surface area contributed by atoms with E-state index in [0.717, 1.165) is 0 Å². The molecule has 0 aromatic heterocycles. The molecule has 0 aliphatic carbocycles. The summed E-state index contributed by atoms with van der Waals surface area (Å²) in [7, 11) is 1.42. The summed E-state index contributed by atoms with van der Waals surface area (Å²) in [5.41, 5.74) is 6.24. The summed E-state index contributed by atoms with van der Waals surface area (Å²) < 4.78 is 21.0. The van der Waals surface area contributed by atoms with Crippen molar-refractivity contribution in [2.45, 2.75) is 50.6 Å². The molecule has 1 spiro atoms. The fourth-order valence-electron chi connectivity index (χ4n) is 6.34. The number of hydrogen-bond acceptors (Lipinski definition) is 5. The smallest absolute Gasteiger partial charge is 0.248 e. The topological polar surface area (TPSA) is 123 Å². The average molecular weight is 705 g/mol. The summed E-state index contributed by atoms with van der Waals surface area (Å²) in [5, 5.41) is 9.87. The zero-order valence-corrected chi connectivity index (χ0v) is 26.4. The Morgan fingerprint density at radius 1 is 1.14 bits per heavy atom. The van der Waals surface area contributed by atoms with Gasteiger partial charge in [-0.25, -0.2) is 4.39 Å². The fraction of sp³-hybridized carbons (Fsp3) is 0.323. The van der Waals surface area contributed by atoms with Crippen molar-refractivity contribution in [3.63, 3.8) is 0 Å². The van der Waals surface area contributed by atoms with Gasteiger partial charge in [0.1, 0.15) is 17.0 Å². The molecule has 4 atom stereocenters. The molecule has 2 aliphatic heterocycles. The second-order valence-electron chi connectivity index (χ2n) is 11.9. The van der Waals surface area contributed by atoms with Gasteiger partial charge in [0.25, 0.3) is 0 Å². The van der Waals surface area contributed by atoms with Crippen LogP contribution in [-0.2, 0) is 15.0 Å². The molecule has 1 fully saturated rings. The standard InChI is InChI=1S/C31H31ClFIN4O4/c1-30(2,3)14-24-31(20-7-6-17(32)12-22(20)37-29(31)41)25(16-9-18(33)13-19(34)10-16)26(38-24)28(40)36-21-8-5-15(27(35)39)11-23(21)42-4/h5-13,24-26,38H,14H2,1-4H3,(H2,35,39)(H,36,40)(H,37,41)/t24-,25-,26+,31+/m0/s1. The highest BCUT2D eigenvalue weighted by molar-refractivity contribution is 14.1. The minimum atomic E-state index is -1.26. The van der Waals surface area contributed by atoms with Crippen LogP contribution in [-0.4, -0.2) is 36.9 Å². The van der Waals surface area contributed by atoms with E-state index in [1.807, 2.05) is 28.7 Å². The number of anilines is 2. The fourth-order valence-corrected chi connectivity index (χ4v) is 7.16. The molecular weight excluding hydrogens is 674 g/mol. The van der Waals surface area contributed by atoms with E-state index in [1.54, 1.807) is 18.2 Å². The molecule has 220 valence electrons. The maximum atomic E-state index is 14.9. The number of primary amides is 1. The Bertz CT molecular complexity index is 1590. The predicted octanol–water partition coefficient (Wildman–Crippen LogP) is 5.58. The minimum Gasteiger partial charge on any atom is -0.495 e. The van der Waals surface area contributed by atoms with Gasteiger partial charge in [0.2, 0.25) is 17.7 Å². The van der Waals surface area contributed by atoms with Gasteiger partial charge in [-0.1, -0.05) is 38.4 Å². The molecule has 0 bridgehead atoms. The summed E-state index contributed by atoms with van der Waals surface area (Å²) in [6.45, 7) is 6.20. The largest absolute Gasteiger partial charge is 0.495 e. The molecule has 3 aromatic rings. The van der Waals surface area contributed by atoms with Crippen LogP contribution in [0.3, 0.4) is 0 Å². The molecule has 1 saturated heterocycles. The SMILES string of the molecule is COc1cc(C(N)=O)ccc1NC(=O)[C@@H]1N[C@@H](CC(C)(C)C)[C@@]2(C(=O)Nc3cc(Cl)ccc32)[C@H]1c1cc(F)cc(I)c1.